The fourth-order valence-electron chi connectivity index (χ4n) is 7.21. The van der Waals surface area contributed by atoms with E-state index in [1.807, 2.05) is 42.5 Å². The molecule has 0 fully saturated rings. The lowest BCUT2D eigenvalue weighted by atomic mass is 9.97. The van der Waals surface area contributed by atoms with Gasteiger partial charge in [0.05, 0.1) is 0 Å². The van der Waals surface area contributed by atoms with E-state index in [1.54, 1.807) is 0 Å². The SMILES string of the molecule is c1ccc(-c2ccc(-c3ccc(-c4nc(-c5ccccc5)nc(-c5ccc6c(c5)oc5cccc(-c7ccc8ccccc8c7)c56)n4)cc3)cc2)cc1. The molecular formula is C49H31N3O. The van der Waals surface area contributed by atoms with Gasteiger partial charge >= 0.3 is 0 Å². The Morgan fingerprint density at radius 2 is 0.792 bits per heavy atom. The van der Waals surface area contributed by atoms with Crippen molar-refractivity contribution in [2.75, 3.05) is 0 Å². The second-order valence-corrected chi connectivity index (χ2v) is 13.2. The first-order chi connectivity index (χ1) is 26.2. The summed E-state index contributed by atoms with van der Waals surface area (Å²) in [6.45, 7) is 0. The maximum atomic E-state index is 6.51. The summed E-state index contributed by atoms with van der Waals surface area (Å²) in [4.78, 5) is 15.0. The van der Waals surface area contributed by atoms with Crippen LogP contribution >= 0.6 is 0 Å². The van der Waals surface area contributed by atoms with Crippen LogP contribution in [0.3, 0.4) is 0 Å². The first kappa shape index (κ1) is 30.6. The zero-order valence-corrected chi connectivity index (χ0v) is 28.6. The third-order valence-electron chi connectivity index (χ3n) is 9.95. The van der Waals surface area contributed by atoms with Crippen molar-refractivity contribution in [2.45, 2.75) is 0 Å². The van der Waals surface area contributed by atoms with Gasteiger partial charge in [0.2, 0.25) is 0 Å². The van der Waals surface area contributed by atoms with Crippen molar-refractivity contribution in [1.29, 1.82) is 0 Å². The van der Waals surface area contributed by atoms with Crippen LogP contribution in [0.1, 0.15) is 0 Å². The lowest BCUT2D eigenvalue weighted by molar-refractivity contribution is 0.669. The summed E-state index contributed by atoms with van der Waals surface area (Å²) in [5.74, 6) is 1.82. The first-order valence-electron chi connectivity index (χ1n) is 17.8. The smallest absolute Gasteiger partial charge is 0.164 e. The van der Waals surface area contributed by atoms with Crippen molar-refractivity contribution in [1.82, 2.24) is 15.0 Å². The highest BCUT2D eigenvalue weighted by Crippen LogP contribution is 2.39. The molecule has 0 aliphatic carbocycles. The van der Waals surface area contributed by atoms with E-state index in [0.717, 1.165) is 60.9 Å². The third-order valence-corrected chi connectivity index (χ3v) is 9.95. The Morgan fingerprint density at radius 1 is 0.302 bits per heavy atom. The first-order valence-corrected chi connectivity index (χ1v) is 17.8. The zero-order valence-electron chi connectivity index (χ0n) is 28.6. The molecule has 4 heteroatoms. The molecule has 0 saturated carbocycles. The minimum atomic E-state index is 0.589. The van der Waals surface area contributed by atoms with E-state index in [0.29, 0.717) is 17.5 Å². The maximum absolute atomic E-state index is 6.51. The quantitative estimate of drug-likeness (QED) is 0.176. The molecule has 2 heterocycles. The molecule has 0 spiro atoms. The molecule has 248 valence electrons. The Kier molecular flexibility index (Phi) is 7.43. The van der Waals surface area contributed by atoms with Gasteiger partial charge in [-0.2, -0.15) is 0 Å². The fraction of sp³-hybridized carbons (Fsp3) is 0. The molecule has 8 aromatic carbocycles. The Labute approximate surface area is 306 Å². The summed E-state index contributed by atoms with van der Waals surface area (Å²) in [5.41, 5.74) is 11.3. The number of nitrogens with zero attached hydrogens (tertiary/aromatic N) is 3. The summed E-state index contributed by atoms with van der Waals surface area (Å²) in [6.07, 6.45) is 0. The Hall–Kier alpha value is -7.17. The molecule has 0 atom stereocenters. The lowest BCUT2D eigenvalue weighted by Gasteiger charge is -2.10. The average Bonchev–Trinajstić information content (AvgIpc) is 3.62. The van der Waals surface area contributed by atoms with E-state index in [9.17, 15) is 0 Å². The van der Waals surface area contributed by atoms with Crippen molar-refractivity contribution in [3.8, 4) is 67.5 Å². The highest BCUT2D eigenvalue weighted by Gasteiger charge is 2.17. The van der Waals surface area contributed by atoms with Gasteiger partial charge in [0.15, 0.2) is 17.5 Å². The molecule has 0 N–H and O–H groups in total. The minimum Gasteiger partial charge on any atom is -0.456 e. The summed E-state index contributed by atoms with van der Waals surface area (Å²) in [6, 6.07) is 65.3. The van der Waals surface area contributed by atoms with Gasteiger partial charge in [-0.15, -0.1) is 0 Å². The maximum Gasteiger partial charge on any atom is 0.164 e. The van der Waals surface area contributed by atoms with Crippen LogP contribution in [0.15, 0.2) is 192 Å². The molecule has 0 amide bonds. The molecule has 10 rings (SSSR count). The van der Waals surface area contributed by atoms with Gasteiger partial charge in [-0.05, 0) is 68.4 Å². The van der Waals surface area contributed by atoms with E-state index in [2.05, 4.69) is 146 Å². The van der Waals surface area contributed by atoms with Crippen LogP contribution < -0.4 is 0 Å². The Bertz CT molecular complexity index is 2910. The monoisotopic (exact) mass is 677 g/mol. The summed E-state index contributed by atoms with van der Waals surface area (Å²) >= 11 is 0. The molecule has 53 heavy (non-hydrogen) atoms. The van der Waals surface area contributed by atoms with Gasteiger partial charge in [-0.1, -0.05) is 164 Å². The Morgan fingerprint density at radius 3 is 1.45 bits per heavy atom. The average molecular weight is 678 g/mol. The van der Waals surface area contributed by atoms with E-state index < -0.39 is 0 Å². The Balaban J connectivity index is 1.03. The number of fused-ring (bicyclic) bond motifs is 4. The van der Waals surface area contributed by atoms with Crippen molar-refractivity contribution >= 4 is 32.7 Å². The third kappa shape index (κ3) is 5.73. The normalized spacial score (nSPS) is 11.4. The highest BCUT2D eigenvalue weighted by molar-refractivity contribution is 6.13. The molecule has 0 bridgehead atoms. The van der Waals surface area contributed by atoms with Crippen molar-refractivity contribution < 1.29 is 4.42 Å². The highest BCUT2D eigenvalue weighted by atomic mass is 16.3. The molecule has 4 nitrogen and oxygen atoms in total. The van der Waals surface area contributed by atoms with E-state index in [1.165, 1.54) is 21.9 Å². The van der Waals surface area contributed by atoms with Crippen LogP contribution in [0.5, 0.6) is 0 Å². The molecule has 0 aliphatic rings. The second kappa shape index (κ2) is 12.9. The number of benzene rings is 8. The minimum absolute atomic E-state index is 0.589. The molecule has 0 saturated heterocycles. The predicted molar refractivity (Wildman–Crippen MR) is 217 cm³/mol. The van der Waals surface area contributed by atoms with Gasteiger partial charge < -0.3 is 4.42 Å². The van der Waals surface area contributed by atoms with E-state index in [4.69, 9.17) is 19.4 Å². The fourth-order valence-corrected chi connectivity index (χ4v) is 7.21. The summed E-state index contributed by atoms with van der Waals surface area (Å²) in [5, 5.41) is 4.59. The van der Waals surface area contributed by atoms with Crippen LogP contribution in [-0.4, -0.2) is 15.0 Å². The summed E-state index contributed by atoms with van der Waals surface area (Å²) in [7, 11) is 0. The van der Waals surface area contributed by atoms with Crippen molar-refractivity contribution in [2.24, 2.45) is 0 Å². The van der Waals surface area contributed by atoms with E-state index >= 15 is 0 Å². The van der Waals surface area contributed by atoms with Crippen LogP contribution in [0.2, 0.25) is 0 Å². The van der Waals surface area contributed by atoms with Crippen LogP contribution in [-0.2, 0) is 0 Å². The zero-order chi connectivity index (χ0) is 35.1. The van der Waals surface area contributed by atoms with Crippen LogP contribution in [0.4, 0.5) is 0 Å². The second-order valence-electron chi connectivity index (χ2n) is 13.2. The topological polar surface area (TPSA) is 51.8 Å². The molecule has 2 aromatic heterocycles. The lowest BCUT2D eigenvalue weighted by Crippen LogP contribution is -2.00. The number of hydrogen-bond donors (Lipinski definition) is 0. The van der Waals surface area contributed by atoms with Crippen LogP contribution in [0.25, 0.3) is 100 Å². The van der Waals surface area contributed by atoms with Crippen molar-refractivity contribution in [3.05, 3.63) is 188 Å². The largest absolute Gasteiger partial charge is 0.456 e. The molecular weight excluding hydrogens is 647 g/mol. The summed E-state index contributed by atoms with van der Waals surface area (Å²) < 4.78 is 6.51. The molecule has 0 radical (unpaired) electrons. The number of hydrogen-bond acceptors (Lipinski definition) is 4. The van der Waals surface area contributed by atoms with Gasteiger partial charge in [-0.25, -0.2) is 15.0 Å². The molecule has 10 aromatic rings. The number of aromatic nitrogens is 3. The molecule has 0 unspecified atom stereocenters. The predicted octanol–water partition coefficient (Wildman–Crippen LogP) is 12.9. The van der Waals surface area contributed by atoms with Gasteiger partial charge in [0.1, 0.15) is 11.2 Å². The molecule has 0 aliphatic heterocycles. The van der Waals surface area contributed by atoms with Crippen molar-refractivity contribution in [3.63, 3.8) is 0 Å². The van der Waals surface area contributed by atoms with Gasteiger partial charge in [-0.3, -0.25) is 0 Å². The van der Waals surface area contributed by atoms with Gasteiger partial charge in [0, 0.05) is 27.5 Å². The van der Waals surface area contributed by atoms with Crippen LogP contribution in [0, 0.1) is 0 Å². The van der Waals surface area contributed by atoms with E-state index in [-0.39, 0.29) is 0 Å². The van der Waals surface area contributed by atoms with Gasteiger partial charge in [0.25, 0.3) is 0 Å². The standard InChI is InChI=1S/C49H31N3O/c1-3-10-32(11-4-1)34-18-20-35(21-19-34)36-22-25-38(26-23-36)48-50-47(37-13-5-2-6-14-37)51-49(52-48)41-28-29-43-45(31-41)53-44-17-9-16-42(46(43)44)40-27-24-33-12-7-8-15-39(33)30-40/h1-31H. The number of rotatable bonds is 6. The number of furan rings is 1.